The van der Waals surface area contributed by atoms with E-state index in [4.69, 9.17) is 16.7 Å². The van der Waals surface area contributed by atoms with Crippen molar-refractivity contribution in [2.24, 2.45) is 0 Å². The van der Waals surface area contributed by atoms with Crippen LogP contribution in [0.3, 0.4) is 0 Å². The van der Waals surface area contributed by atoms with Gasteiger partial charge >= 0.3 is 0 Å². The average molecular weight is 277 g/mol. The van der Waals surface area contributed by atoms with Crippen molar-refractivity contribution >= 4 is 23.0 Å². The van der Waals surface area contributed by atoms with Gasteiger partial charge < -0.3 is 10.0 Å². The third-order valence-electron chi connectivity index (χ3n) is 2.52. The summed E-state index contributed by atoms with van der Waals surface area (Å²) in [6.07, 6.45) is 0.472. The van der Waals surface area contributed by atoms with Crippen molar-refractivity contribution in [2.75, 3.05) is 24.6 Å². The van der Waals surface area contributed by atoms with Crippen molar-refractivity contribution in [2.45, 2.75) is 13.3 Å². The fourth-order valence-electron chi connectivity index (χ4n) is 1.64. The Morgan fingerprint density at radius 2 is 2.22 bits per heavy atom. The molecule has 0 saturated heterocycles. The van der Waals surface area contributed by atoms with E-state index in [9.17, 15) is 14.5 Å². The second-order valence-electron chi connectivity index (χ2n) is 3.67. The minimum absolute atomic E-state index is 0.0147. The minimum Gasteiger partial charge on any atom is -0.396 e. The predicted octanol–water partition coefficient (Wildman–Crippen LogP) is 2.60. The number of benzene rings is 1. The van der Waals surface area contributed by atoms with Gasteiger partial charge in [-0.15, -0.1) is 0 Å². The van der Waals surface area contributed by atoms with E-state index in [0.717, 1.165) is 6.07 Å². The van der Waals surface area contributed by atoms with Gasteiger partial charge in [-0.05, 0) is 19.4 Å². The Labute approximate surface area is 109 Å². The Morgan fingerprint density at radius 1 is 1.56 bits per heavy atom. The van der Waals surface area contributed by atoms with Gasteiger partial charge in [-0.3, -0.25) is 10.1 Å². The highest BCUT2D eigenvalue weighted by Crippen LogP contribution is 2.33. The van der Waals surface area contributed by atoms with Crippen LogP contribution in [0.5, 0.6) is 0 Å². The van der Waals surface area contributed by atoms with Gasteiger partial charge in [0, 0.05) is 19.7 Å². The molecular weight excluding hydrogens is 263 g/mol. The van der Waals surface area contributed by atoms with Crippen LogP contribution in [0, 0.1) is 15.9 Å². The Hall–Kier alpha value is -1.40. The topological polar surface area (TPSA) is 66.6 Å². The molecule has 0 saturated carbocycles. The molecular formula is C11H14ClFN2O3. The van der Waals surface area contributed by atoms with Crippen molar-refractivity contribution < 1.29 is 14.4 Å². The zero-order valence-electron chi connectivity index (χ0n) is 9.90. The van der Waals surface area contributed by atoms with Crippen molar-refractivity contribution in [1.82, 2.24) is 0 Å². The maximum absolute atomic E-state index is 13.2. The van der Waals surface area contributed by atoms with Crippen molar-refractivity contribution in [1.29, 1.82) is 0 Å². The molecule has 0 fully saturated rings. The van der Waals surface area contributed by atoms with Crippen LogP contribution >= 0.6 is 11.6 Å². The van der Waals surface area contributed by atoms with E-state index in [2.05, 4.69) is 0 Å². The molecule has 0 spiro atoms. The molecule has 0 aliphatic carbocycles. The Morgan fingerprint density at radius 3 is 2.72 bits per heavy atom. The first-order valence-electron chi connectivity index (χ1n) is 5.50. The molecule has 0 amide bonds. The summed E-state index contributed by atoms with van der Waals surface area (Å²) in [5.74, 6) is -0.815. The summed E-state index contributed by atoms with van der Waals surface area (Å²) in [5, 5.41) is 19.5. The molecule has 0 radical (unpaired) electrons. The fraction of sp³-hybridized carbons (Fsp3) is 0.455. The molecule has 1 N–H and O–H groups in total. The van der Waals surface area contributed by atoms with E-state index >= 15 is 0 Å². The van der Waals surface area contributed by atoms with Crippen molar-refractivity contribution in [3.05, 3.63) is 33.1 Å². The quantitative estimate of drug-likeness (QED) is 0.641. The number of nitrogens with zero attached hydrogens (tertiary/aromatic N) is 2. The highest BCUT2D eigenvalue weighted by Gasteiger charge is 2.21. The Balaban J connectivity index is 3.18. The molecule has 5 nitrogen and oxygen atoms in total. The number of nitro groups is 1. The number of nitro benzene ring substituents is 1. The third-order valence-corrected chi connectivity index (χ3v) is 2.81. The van der Waals surface area contributed by atoms with Gasteiger partial charge in [-0.2, -0.15) is 0 Å². The minimum atomic E-state index is -0.815. The molecule has 18 heavy (non-hydrogen) atoms. The van der Waals surface area contributed by atoms with Crippen LogP contribution in [-0.4, -0.2) is 29.7 Å². The molecule has 0 unspecified atom stereocenters. The maximum atomic E-state index is 13.2. The molecule has 7 heteroatoms. The van der Waals surface area contributed by atoms with Crippen LogP contribution in [-0.2, 0) is 0 Å². The summed E-state index contributed by atoms with van der Waals surface area (Å²) in [6, 6.07) is 2.06. The highest BCUT2D eigenvalue weighted by molar-refractivity contribution is 6.31. The van der Waals surface area contributed by atoms with E-state index in [1.54, 1.807) is 4.90 Å². The number of hydrogen-bond donors (Lipinski definition) is 1. The van der Waals surface area contributed by atoms with Crippen LogP contribution in [0.4, 0.5) is 15.8 Å². The molecule has 0 heterocycles. The maximum Gasteiger partial charge on any atom is 0.295 e. The summed E-state index contributed by atoms with van der Waals surface area (Å²) in [5.41, 5.74) is -0.0564. The van der Waals surface area contributed by atoms with Crippen LogP contribution < -0.4 is 4.90 Å². The summed E-state index contributed by atoms with van der Waals surface area (Å²) < 4.78 is 13.2. The first-order chi connectivity index (χ1) is 8.51. The van der Waals surface area contributed by atoms with E-state index < -0.39 is 10.7 Å². The second kappa shape index (κ2) is 6.51. The predicted molar refractivity (Wildman–Crippen MR) is 67.7 cm³/mol. The lowest BCUT2D eigenvalue weighted by Crippen LogP contribution is -2.25. The number of aliphatic hydroxyl groups is 1. The lowest BCUT2D eigenvalue weighted by Gasteiger charge is -2.22. The third kappa shape index (κ3) is 3.30. The molecule has 1 aromatic rings. The average Bonchev–Trinajstić information content (AvgIpc) is 2.33. The largest absolute Gasteiger partial charge is 0.396 e. The zero-order valence-corrected chi connectivity index (χ0v) is 10.7. The number of aliphatic hydroxyl groups excluding tert-OH is 1. The summed E-state index contributed by atoms with van der Waals surface area (Å²) >= 11 is 5.65. The first-order valence-corrected chi connectivity index (χ1v) is 5.88. The zero-order chi connectivity index (χ0) is 13.7. The van der Waals surface area contributed by atoms with Gasteiger partial charge in [0.1, 0.15) is 11.5 Å². The lowest BCUT2D eigenvalue weighted by atomic mass is 10.2. The van der Waals surface area contributed by atoms with Crippen LogP contribution in [0.2, 0.25) is 5.02 Å². The fourth-order valence-corrected chi connectivity index (χ4v) is 1.79. The number of anilines is 1. The number of halogens is 2. The first kappa shape index (κ1) is 14.7. The van der Waals surface area contributed by atoms with Gasteiger partial charge in [0.2, 0.25) is 0 Å². The summed E-state index contributed by atoms with van der Waals surface area (Å²) in [7, 11) is 0. The molecule has 0 atom stereocenters. The highest BCUT2D eigenvalue weighted by atomic mass is 35.5. The van der Waals surface area contributed by atoms with Crippen LogP contribution in [0.1, 0.15) is 13.3 Å². The molecule has 100 valence electrons. The number of rotatable bonds is 6. The Bertz CT molecular complexity index is 443. The van der Waals surface area contributed by atoms with Gasteiger partial charge in [-0.25, -0.2) is 4.39 Å². The van der Waals surface area contributed by atoms with Crippen LogP contribution in [0.25, 0.3) is 0 Å². The van der Waals surface area contributed by atoms with Gasteiger partial charge in [-0.1, -0.05) is 11.6 Å². The SMILES string of the molecule is CCN(CCCO)c1cc(Cl)c(F)cc1[N+](=O)[O-]. The molecule has 1 rings (SSSR count). The second-order valence-corrected chi connectivity index (χ2v) is 4.08. The number of hydrogen-bond acceptors (Lipinski definition) is 4. The summed E-state index contributed by atoms with van der Waals surface area (Å²) in [6.45, 7) is 2.75. The van der Waals surface area contributed by atoms with E-state index in [1.807, 2.05) is 6.92 Å². The van der Waals surface area contributed by atoms with Crippen molar-refractivity contribution in [3.63, 3.8) is 0 Å². The van der Waals surface area contributed by atoms with Gasteiger partial charge in [0.15, 0.2) is 0 Å². The van der Waals surface area contributed by atoms with E-state index in [0.29, 0.717) is 19.5 Å². The Kier molecular flexibility index (Phi) is 5.30. The normalized spacial score (nSPS) is 10.4. The van der Waals surface area contributed by atoms with Crippen LogP contribution in [0.15, 0.2) is 12.1 Å². The molecule has 1 aromatic carbocycles. The molecule has 0 aliphatic heterocycles. The summed E-state index contributed by atoms with van der Waals surface area (Å²) in [4.78, 5) is 11.9. The van der Waals surface area contributed by atoms with Gasteiger partial charge in [0.25, 0.3) is 5.69 Å². The molecule has 0 bridgehead atoms. The van der Waals surface area contributed by atoms with E-state index in [-0.39, 0.29) is 23.0 Å². The lowest BCUT2D eigenvalue weighted by molar-refractivity contribution is -0.384. The van der Waals surface area contributed by atoms with Gasteiger partial charge in [0.05, 0.1) is 16.0 Å². The molecule has 0 aliphatic rings. The standard InChI is InChI=1S/C11H14ClFN2O3/c1-2-14(4-3-5-16)10-6-8(12)9(13)7-11(10)15(17)18/h6-7,16H,2-5H2,1H3. The molecule has 0 aromatic heterocycles. The van der Waals surface area contributed by atoms with E-state index in [1.165, 1.54) is 6.07 Å². The van der Waals surface area contributed by atoms with Crippen molar-refractivity contribution in [3.8, 4) is 0 Å². The smallest absolute Gasteiger partial charge is 0.295 e. The monoisotopic (exact) mass is 276 g/mol.